The molecule has 3 aromatic rings. The van der Waals surface area contributed by atoms with E-state index >= 15 is 0 Å². The van der Waals surface area contributed by atoms with E-state index in [2.05, 4.69) is 66.7 Å². The van der Waals surface area contributed by atoms with Crippen molar-refractivity contribution >= 4 is 0 Å². The van der Waals surface area contributed by atoms with E-state index in [1.54, 1.807) is 20.8 Å². The van der Waals surface area contributed by atoms with Crippen LogP contribution >= 0.6 is 0 Å². The van der Waals surface area contributed by atoms with Gasteiger partial charge in [-0.05, 0) is 0 Å². The van der Waals surface area contributed by atoms with E-state index in [0.29, 0.717) is 6.61 Å². The molecule has 4 heteroatoms. The van der Waals surface area contributed by atoms with E-state index in [-0.39, 0.29) is 24.8 Å². The average molecular weight is 390 g/mol. The third-order valence-corrected chi connectivity index (χ3v) is 4.61. The van der Waals surface area contributed by atoms with Crippen LogP contribution in [0.1, 0.15) is 16.7 Å². The van der Waals surface area contributed by atoms with Gasteiger partial charge in [-0.15, -0.1) is 0 Å². The molecule has 0 bridgehead atoms. The summed E-state index contributed by atoms with van der Waals surface area (Å²) in [5.74, 6) is 0. The van der Waals surface area contributed by atoms with E-state index in [4.69, 9.17) is 3.32 Å². The van der Waals surface area contributed by atoms with Gasteiger partial charge in [-0.1, -0.05) is 0 Å². The van der Waals surface area contributed by atoms with Crippen molar-refractivity contribution in [1.29, 1.82) is 0 Å². The molecule has 1 aliphatic carbocycles. The second-order valence-corrected chi connectivity index (χ2v) is 6.06. The Morgan fingerprint density at radius 1 is 0.708 bits per heavy atom. The van der Waals surface area contributed by atoms with E-state index in [9.17, 15) is 0 Å². The Morgan fingerprint density at radius 3 is 2.04 bits per heavy atom. The van der Waals surface area contributed by atoms with Crippen molar-refractivity contribution in [3.8, 4) is 22.3 Å². The second kappa shape index (κ2) is 8.33. The molecule has 0 saturated carbocycles. The molecule has 0 heterocycles. The van der Waals surface area contributed by atoms with Crippen LogP contribution in [-0.4, -0.2) is 0 Å². The third-order valence-electron chi connectivity index (χ3n) is 4.39. The molecule has 0 unspecified atom stereocenters. The molecule has 0 N–H and O–H groups in total. The first-order valence-electron chi connectivity index (χ1n) is 7.45. The summed E-state index contributed by atoms with van der Waals surface area (Å²) in [5, 5.41) is 0. The number of rotatable bonds is 3. The number of fused-ring (bicyclic) bond motifs is 3. The SMILES string of the molecule is [Cl-].[Cl-].[Ti+2][O]Cc1ccccc1-c1cccc2c1Cc1ccccc1-2. The van der Waals surface area contributed by atoms with Gasteiger partial charge in [0.1, 0.15) is 0 Å². The van der Waals surface area contributed by atoms with Crippen LogP contribution in [0, 0.1) is 0 Å². The number of benzene rings is 3. The van der Waals surface area contributed by atoms with Crippen molar-refractivity contribution in [2.45, 2.75) is 13.0 Å². The van der Waals surface area contributed by atoms with Crippen molar-refractivity contribution in [3.63, 3.8) is 0 Å². The standard InChI is InChI=1S/C20H15O.2ClH.Ti/c21-13-15-7-2-4-9-17(15)19-11-5-10-18-16-8-3-1-6-14(16)12-20(18)19;;;/h1-11H,12-13H2;2*1H;/q-1;;;+3/p-2. The fourth-order valence-corrected chi connectivity index (χ4v) is 3.64. The third kappa shape index (κ3) is 3.33. The van der Waals surface area contributed by atoms with Crippen LogP contribution in [0.5, 0.6) is 0 Å². The van der Waals surface area contributed by atoms with Gasteiger partial charge in [-0.25, -0.2) is 0 Å². The van der Waals surface area contributed by atoms with Crippen LogP contribution in [0.15, 0.2) is 66.7 Å². The van der Waals surface area contributed by atoms with Gasteiger partial charge in [-0.3, -0.25) is 0 Å². The Hall–Kier alpha value is -1.09. The molecule has 0 atom stereocenters. The van der Waals surface area contributed by atoms with Crippen molar-refractivity contribution in [1.82, 2.24) is 0 Å². The number of halogens is 2. The van der Waals surface area contributed by atoms with Crippen LogP contribution in [0.3, 0.4) is 0 Å². The van der Waals surface area contributed by atoms with Gasteiger partial charge in [-0.2, -0.15) is 0 Å². The predicted molar refractivity (Wildman–Crippen MR) is 84.9 cm³/mol. The Labute approximate surface area is 167 Å². The fraction of sp³-hybridized carbons (Fsp3) is 0.100. The van der Waals surface area contributed by atoms with E-state index in [1.807, 2.05) is 0 Å². The molecule has 0 saturated heterocycles. The van der Waals surface area contributed by atoms with Crippen LogP contribution in [0.4, 0.5) is 0 Å². The van der Waals surface area contributed by atoms with Crippen LogP contribution in [0.2, 0.25) is 0 Å². The summed E-state index contributed by atoms with van der Waals surface area (Å²) in [4.78, 5) is 0. The molecule has 0 amide bonds. The van der Waals surface area contributed by atoms with Gasteiger partial charge in [0.15, 0.2) is 0 Å². The van der Waals surface area contributed by atoms with Crippen LogP contribution < -0.4 is 24.8 Å². The van der Waals surface area contributed by atoms with Crippen molar-refractivity contribution in [3.05, 3.63) is 83.4 Å². The molecule has 24 heavy (non-hydrogen) atoms. The van der Waals surface area contributed by atoms with Crippen molar-refractivity contribution < 1.29 is 49.0 Å². The maximum absolute atomic E-state index is 5.37. The number of hydrogen-bond acceptors (Lipinski definition) is 1. The monoisotopic (exact) mass is 389 g/mol. The fourth-order valence-electron chi connectivity index (χ4n) is 3.40. The summed E-state index contributed by atoms with van der Waals surface area (Å²) < 4.78 is 5.37. The summed E-state index contributed by atoms with van der Waals surface area (Å²) in [5.41, 5.74) is 9.48. The van der Waals surface area contributed by atoms with Crippen LogP contribution in [0.25, 0.3) is 22.3 Å². The first-order chi connectivity index (χ1) is 10.9. The molecule has 1 nitrogen and oxygen atoms in total. The molecule has 1 aliphatic rings. The van der Waals surface area contributed by atoms with Gasteiger partial charge < -0.3 is 24.8 Å². The first kappa shape index (κ1) is 19.2. The van der Waals surface area contributed by atoms with Gasteiger partial charge in [0.2, 0.25) is 0 Å². The molecule has 0 fully saturated rings. The minimum atomic E-state index is 0. The summed E-state index contributed by atoms with van der Waals surface area (Å²) >= 11 is 1.75. The summed E-state index contributed by atoms with van der Waals surface area (Å²) in [6.07, 6.45) is 1.02. The zero-order chi connectivity index (χ0) is 14.9. The zero-order valence-corrected chi connectivity index (χ0v) is 16.0. The first-order valence-corrected chi connectivity index (χ1v) is 8.09. The minimum absolute atomic E-state index is 0. The second-order valence-electron chi connectivity index (χ2n) is 5.61. The Morgan fingerprint density at radius 2 is 1.29 bits per heavy atom. The van der Waals surface area contributed by atoms with Gasteiger partial charge >= 0.3 is 143 Å². The summed E-state index contributed by atoms with van der Waals surface area (Å²) in [6, 6.07) is 23.9. The number of hydrogen-bond donors (Lipinski definition) is 0. The summed E-state index contributed by atoms with van der Waals surface area (Å²) in [6.45, 7) is 0.646. The van der Waals surface area contributed by atoms with Crippen LogP contribution in [-0.2, 0) is 37.2 Å². The van der Waals surface area contributed by atoms with E-state index < -0.39 is 0 Å². The normalized spacial score (nSPS) is 11.1. The quantitative estimate of drug-likeness (QED) is 0.405. The van der Waals surface area contributed by atoms with Gasteiger partial charge in [0, 0.05) is 0 Å². The van der Waals surface area contributed by atoms with Gasteiger partial charge in [0.05, 0.1) is 0 Å². The zero-order valence-electron chi connectivity index (χ0n) is 12.9. The molecular weight excluding hydrogens is 375 g/mol. The molecule has 4 rings (SSSR count). The molecule has 0 spiro atoms. The van der Waals surface area contributed by atoms with Crippen molar-refractivity contribution in [2.24, 2.45) is 0 Å². The maximum atomic E-state index is 5.37. The Balaban J connectivity index is 0.00000104. The molecular formula is C20H15Cl2OTi. The predicted octanol–water partition coefficient (Wildman–Crippen LogP) is -1.09. The topological polar surface area (TPSA) is 9.23 Å². The molecule has 0 aliphatic heterocycles. The van der Waals surface area contributed by atoms with E-state index in [0.717, 1.165) is 6.42 Å². The van der Waals surface area contributed by atoms with E-state index in [1.165, 1.54) is 38.9 Å². The van der Waals surface area contributed by atoms with Crippen molar-refractivity contribution in [2.75, 3.05) is 0 Å². The molecule has 3 aromatic carbocycles. The molecule has 119 valence electrons. The molecule has 0 radical (unpaired) electrons. The Kier molecular flexibility index (Phi) is 6.68. The average Bonchev–Trinajstić information content (AvgIpc) is 2.94. The Bertz CT molecular complexity index is 849. The molecule has 0 aromatic heterocycles. The van der Waals surface area contributed by atoms with Gasteiger partial charge in [0.25, 0.3) is 0 Å². The summed E-state index contributed by atoms with van der Waals surface area (Å²) in [7, 11) is 0.